The SMILES string of the molecule is CC1CCC(c2nc(C(C)C)c(I)c(=O)[nH]2)CC1. The minimum Gasteiger partial charge on any atom is -0.309 e. The van der Waals surface area contributed by atoms with E-state index in [0.29, 0.717) is 11.8 Å². The van der Waals surface area contributed by atoms with E-state index in [2.05, 4.69) is 48.3 Å². The van der Waals surface area contributed by atoms with E-state index in [1.165, 1.54) is 12.8 Å². The molecule has 0 spiro atoms. The van der Waals surface area contributed by atoms with Crippen molar-refractivity contribution in [2.24, 2.45) is 5.92 Å². The summed E-state index contributed by atoms with van der Waals surface area (Å²) >= 11 is 2.10. The van der Waals surface area contributed by atoms with Gasteiger partial charge in [0.25, 0.3) is 5.56 Å². The van der Waals surface area contributed by atoms with Crippen LogP contribution >= 0.6 is 22.6 Å². The second-order valence-electron chi connectivity index (χ2n) is 5.76. The molecule has 0 saturated heterocycles. The first kappa shape index (κ1) is 14.0. The van der Waals surface area contributed by atoms with Gasteiger partial charge in [-0.3, -0.25) is 4.79 Å². The van der Waals surface area contributed by atoms with Gasteiger partial charge in [0.1, 0.15) is 5.82 Å². The highest BCUT2D eigenvalue weighted by Gasteiger charge is 2.23. The largest absolute Gasteiger partial charge is 0.309 e. The van der Waals surface area contributed by atoms with Crippen molar-refractivity contribution < 1.29 is 0 Å². The molecule has 3 nitrogen and oxygen atoms in total. The van der Waals surface area contributed by atoms with E-state index in [9.17, 15) is 4.79 Å². The van der Waals surface area contributed by atoms with Gasteiger partial charge >= 0.3 is 0 Å². The molecule has 0 radical (unpaired) electrons. The maximum atomic E-state index is 12.0. The van der Waals surface area contributed by atoms with Gasteiger partial charge < -0.3 is 4.98 Å². The van der Waals surface area contributed by atoms with Crippen LogP contribution in [0.2, 0.25) is 0 Å². The van der Waals surface area contributed by atoms with E-state index < -0.39 is 0 Å². The molecule has 1 fully saturated rings. The number of H-pyrrole nitrogens is 1. The highest BCUT2D eigenvalue weighted by molar-refractivity contribution is 14.1. The summed E-state index contributed by atoms with van der Waals surface area (Å²) < 4.78 is 0.746. The summed E-state index contributed by atoms with van der Waals surface area (Å²) in [6.07, 6.45) is 4.80. The van der Waals surface area contributed by atoms with Gasteiger partial charge in [-0.15, -0.1) is 0 Å². The predicted octanol–water partition coefficient (Wildman–Crippen LogP) is 3.79. The molecule has 100 valence electrons. The minimum atomic E-state index is 0.0305. The van der Waals surface area contributed by atoms with E-state index in [1.54, 1.807) is 0 Å². The molecule has 2 rings (SSSR count). The van der Waals surface area contributed by atoms with E-state index in [-0.39, 0.29) is 5.56 Å². The van der Waals surface area contributed by atoms with Crippen molar-refractivity contribution in [1.29, 1.82) is 0 Å². The van der Waals surface area contributed by atoms with Crippen LogP contribution in [0.15, 0.2) is 4.79 Å². The Labute approximate surface area is 122 Å². The number of halogens is 1. The first-order chi connectivity index (χ1) is 8.49. The van der Waals surface area contributed by atoms with E-state index in [0.717, 1.165) is 33.8 Å². The van der Waals surface area contributed by atoms with Crippen molar-refractivity contribution in [3.8, 4) is 0 Å². The lowest BCUT2D eigenvalue weighted by atomic mass is 9.82. The lowest BCUT2D eigenvalue weighted by Gasteiger charge is -2.25. The summed E-state index contributed by atoms with van der Waals surface area (Å²) in [7, 11) is 0. The summed E-state index contributed by atoms with van der Waals surface area (Å²) in [5.74, 6) is 2.49. The highest BCUT2D eigenvalue weighted by atomic mass is 127. The van der Waals surface area contributed by atoms with Crippen molar-refractivity contribution in [3.05, 3.63) is 25.4 Å². The van der Waals surface area contributed by atoms with Crippen molar-refractivity contribution in [2.75, 3.05) is 0 Å². The molecule has 18 heavy (non-hydrogen) atoms. The average Bonchev–Trinajstić information content (AvgIpc) is 2.33. The molecule has 1 saturated carbocycles. The number of rotatable bonds is 2. The molecule has 1 aromatic rings. The van der Waals surface area contributed by atoms with Gasteiger partial charge in [-0.25, -0.2) is 4.98 Å². The quantitative estimate of drug-likeness (QED) is 0.816. The van der Waals surface area contributed by atoms with Crippen LogP contribution in [0.3, 0.4) is 0 Å². The molecule has 0 aromatic carbocycles. The van der Waals surface area contributed by atoms with Gasteiger partial charge in [0.05, 0.1) is 9.26 Å². The Balaban J connectivity index is 2.31. The molecule has 0 unspecified atom stereocenters. The number of aromatic amines is 1. The van der Waals surface area contributed by atoms with E-state index >= 15 is 0 Å². The fourth-order valence-electron chi connectivity index (χ4n) is 2.60. The third-order valence-corrected chi connectivity index (χ3v) is 4.90. The minimum absolute atomic E-state index is 0.0305. The third kappa shape index (κ3) is 2.95. The zero-order valence-electron chi connectivity index (χ0n) is 11.3. The van der Waals surface area contributed by atoms with E-state index in [4.69, 9.17) is 4.98 Å². The lowest BCUT2D eigenvalue weighted by Crippen LogP contribution is -2.22. The zero-order valence-corrected chi connectivity index (χ0v) is 13.5. The number of aromatic nitrogens is 2. The predicted molar refractivity (Wildman–Crippen MR) is 82.0 cm³/mol. The van der Waals surface area contributed by atoms with Gasteiger partial charge in [-0.2, -0.15) is 0 Å². The van der Waals surface area contributed by atoms with Gasteiger partial charge in [-0.1, -0.05) is 33.6 Å². The van der Waals surface area contributed by atoms with Crippen LogP contribution in [-0.2, 0) is 0 Å². The second-order valence-corrected chi connectivity index (χ2v) is 6.84. The Morgan fingerprint density at radius 2 is 1.89 bits per heavy atom. The van der Waals surface area contributed by atoms with Crippen LogP contribution in [0.25, 0.3) is 0 Å². The van der Waals surface area contributed by atoms with Gasteiger partial charge in [0, 0.05) is 5.92 Å². The molecule has 1 N–H and O–H groups in total. The van der Waals surface area contributed by atoms with Crippen molar-refractivity contribution in [2.45, 2.75) is 58.3 Å². The number of hydrogen-bond acceptors (Lipinski definition) is 2. The van der Waals surface area contributed by atoms with Gasteiger partial charge in [0.15, 0.2) is 0 Å². The molecule has 0 aliphatic heterocycles. The van der Waals surface area contributed by atoms with Crippen LogP contribution in [0.5, 0.6) is 0 Å². The Morgan fingerprint density at radius 3 is 2.44 bits per heavy atom. The topological polar surface area (TPSA) is 45.8 Å². The summed E-state index contributed by atoms with van der Waals surface area (Å²) in [5.41, 5.74) is 0.982. The smallest absolute Gasteiger partial charge is 0.264 e. The number of nitrogens with one attached hydrogen (secondary N) is 1. The second kappa shape index (κ2) is 5.72. The maximum absolute atomic E-state index is 12.0. The molecule has 1 aromatic heterocycles. The Bertz CT molecular complexity index is 473. The van der Waals surface area contributed by atoms with Crippen molar-refractivity contribution in [1.82, 2.24) is 9.97 Å². The first-order valence-electron chi connectivity index (χ1n) is 6.78. The molecule has 4 heteroatoms. The molecule has 0 atom stereocenters. The van der Waals surface area contributed by atoms with Crippen molar-refractivity contribution in [3.63, 3.8) is 0 Å². The van der Waals surface area contributed by atoms with Crippen LogP contribution in [0, 0.1) is 9.49 Å². The monoisotopic (exact) mass is 360 g/mol. The van der Waals surface area contributed by atoms with Crippen molar-refractivity contribution >= 4 is 22.6 Å². The van der Waals surface area contributed by atoms with Gasteiger partial charge in [0.2, 0.25) is 0 Å². The first-order valence-corrected chi connectivity index (χ1v) is 7.86. The summed E-state index contributed by atoms with van der Waals surface area (Å²) in [4.78, 5) is 19.7. The molecule has 0 amide bonds. The Hall–Kier alpha value is -0.390. The Morgan fingerprint density at radius 1 is 1.28 bits per heavy atom. The van der Waals surface area contributed by atoms with Crippen LogP contribution in [0.4, 0.5) is 0 Å². The summed E-state index contributed by atoms with van der Waals surface area (Å²) in [6.45, 7) is 6.49. The standard InChI is InChI=1S/C14H21IN2O/c1-8(2)12-11(15)14(18)17-13(16-12)10-6-4-9(3)5-7-10/h8-10H,4-7H2,1-3H3,(H,16,17,18). The molecular weight excluding hydrogens is 339 g/mol. The van der Waals surface area contributed by atoms with Gasteiger partial charge in [-0.05, 0) is 47.3 Å². The molecule has 1 aliphatic carbocycles. The molecule has 0 bridgehead atoms. The molecule has 1 heterocycles. The molecule has 1 aliphatic rings. The number of nitrogens with zero attached hydrogens (tertiary/aromatic N) is 1. The fraction of sp³-hybridized carbons (Fsp3) is 0.714. The summed E-state index contributed by atoms with van der Waals surface area (Å²) in [6, 6.07) is 0. The molecular formula is C14H21IN2O. The highest BCUT2D eigenvalue weighted by Crippen LogP contribution is 2.34. The lowest BCUT2D eigenvalue weighted by molar-refractivity contribution is 0.338. The number of hydrogen-bond donors (Lipinski definition) is 1. The van der Waals surface area contributed by atoms with Crippen LogP contribution < -0.4 is 5.56 Å². The fourth-order valence-corrected chi connectivity index (χ4v) is 3.48. The third-order valence-electron chi connectivity index (χ3n) is 3.86. The summed E-state index contributed by atoms with van der Waals surface area (Å²) in [5, 5.41) is 0. The Kier molecular flexibility index (Phi) is 4.45. The van der Waals surface area contributed by atoms with Crippen LogP contribution in [0.1, 0.15) is 69.8 Å². The van der Waals surface area contributed by atoms with E-state index in [1.807, 2.05) is 0 Å². The zero-order chi connectivity index (χ0) is 13.3. The van der Waals surface area contributed by atoms with Crippen LogP contribution in [-0.4, -0.2) is 9.97 Å². The average molecular weight is 360 g/mol. The normalized spacial score (nSPS) is 24.5. The maximum Gasteiger partial charge on any atom is 0.264 e.